The summed E-state index contributed by atoms with van der Waals surface area (Å²) in [6.07, 6.45) is 4.38. The standard InChI is InChI=1S/C10H19N/c1-10(2)6-9(10)11(3)7-8-4-5-8/h8-9H,4-7H2,1-3H3. The van der Waals surface area contributed by atoms with Crippen molar-refractivity contribution in [1.82, 2.24) is 4.90 Å². The monoisotopic (exact) mass is 153 g/mol. The maximum Gasteiger partial charge on any atom is 0.0150 e. The molecule has 2 aliphatic rings. The molecular formula is C10H19N. The first-order valence-electron chi connectivity index (χ1n) is 4.80. The maximum atomic E-state index is 2.57. The third kappa shape index (κ3) is 1.58. The Morgan fingerprint density at radius 2 is 1.91 bits per heavy atom. The molecule has 0 N–H and O–H groups in total. The van der Waals surface area contributed by atoms with Crippen LogP contribution in [0.4, 0.5) is 0 Å². The lowest BCUT2D eigenvalue weighted by Gasteiger charge is -2.17. The van der Waals surface area contributed by atoms with Crippen molar-refractivity contribution >= 4 is 0 Å². The summed E-state index contributed by atoms with van der Waals surface area (Å²) in [5.41, 5.74) is 0.629. The summed E-state index contributed by atoms with van der Waals surface area (Å²) in [4.78, 5) is 2.57. The Labute approximate surface area is 69.8 Å². The van der Waals surface area contributed by atoms with Crippen LogP contribution in [-0.4, -0.2) is 24.5 Å². The zero-order valence-corrected chi connectivity index (χ0v) is 7.93. The van der Waals surface area contributed by atoms with Crippen LogP contribution in [0.15, 0.2) is 0 Å². The van der Waals surface area contributed by atoms with Gasteiger partial charge in [0.25, 0.3) is 0 Å². The highest BCUT2D eigenvalue weighted by Gasteiger charge is 2.48. The largest absolute Gasteiger partial charge is 0.303 e. The Balaban J connectivity index is 1.77. The molecule has 0 aromatic carbocycles. The Morgan fingerprint density at radius 3 is 2.27 bits per heavy atom. The molecule has 0 saturated heterocycles. The molecule has 64 valence electrons. The molecule has 11 heavy (non-hydrogen) atoms. The fraction of sp³-hybridized carbons (Fsp3) is 1.00. The minimum Gasteiger partial charge on any atom is -0.303 e. The number of rotatable bonds is 3. The number of nitrogens with zero attached hydrogens (tertiary/aromatic N) is 1. The van der Waals surface area contributed by atoms with E-state index >= 15 is 0 Å². The van der Waals surface area contributed by atoms with Gasteiger partial charge in [0.05, 0.1) is 0 Å². The van der Waals surface area contributed by atoms with E-state index in [9.17, 15) is 0 Å². The summed E-state index contributed by atoms with van der Waals surface area (Å²) in [6.45, 7) is 6.11. The van der Waals surface area contributed by atoms with Gasteiger partial charge in [-0.3, -0.25) is 0 Å². The van der Waals surface area contributed by atoms with Crippen LogP contribution in [0.1, 0.15) is 33.1 Å². The Hall–Kier alpha value is -0.0400. The second-order valence-electron chi connectivity index (χ2n) is 5.09. The van der Waals surface area contributed by atoms with E-state index in [1.807, 2.05) is 0 Å². The van der Waals surface area contributed by atoms with Gasteiger partial charge in [-0.1, -0.05) is 13.8 Å². The van der Waals surface area contributed by atoms with E-state index in [0.717, 1.165) is 12.0 Å². The fourth-order valence-corrected chi connectivity index (χ4v) is 2.03. The van der Waals surface area contributed by atoms with Gasteiger partial charge in [0.2, 0.25) is 0 Å². The van der Waals surface area contributed by atoms with Crippen LogP contribution < -0.4 is 0 Å². The molecule has 0 radical (unpaired) electrons. The van der Waals surface area contributed by atoms with E-state index in [4.69, 9.17) is 0 Å². The van der Waals surface area contributed by atoms with E-state index in [-0.39, 0.29) is 0 Å². The second-order valence-corrected chi connectivity index (χ2v) is 5.09. The van der Waals surface area contributed by atoms with Gasteiger partial charge in [-0.2, -0.15) is 0 Å². The van der Waals surface area contributed by atoms with Gasteiger partial charge in [0, 0.05) is 12.6 Å². The highest BCUT2D eigenvalue weighted by Crippen LogP contribution is 2.48. The van der Waals surface area contributed by atoms with Crippen molar-refractivity contribution in [3.63, 3.8) is 0 Å². The molecule has 0 aromatic rings. The van der Waals surface area contributed by atoms with Crippen LogP contribution in [0.3, 0.4) is 0 Å². The molecule has 2 saturated carbocycles. The Bertz CT molecular complexity index is 158. The average molecular weight is 153 g/mol. The summed E-state index contributed by atoms with van der Waals surface area (Å²) >= 11 is 0. The predicted octanol–water partition coefficient (Wildman–Crippen LogP) is 2.13. The van der Waals surface area contributed by atoms with E-state index in [1.54, 1.807) is 0 Å². The summed E-state index contributed by atoms with van der Waals surface area (Å²) < 4.78 is 0. The van der Waals surface area contributed by atoms with Crippen LogP contribution in [0.25, 0.3) is 0 Å². The molecule has 1 heteroatoms. The summed E-state index contributed by atoms with van der Waals surface area (Å²) in [6, 6.07) is 0.892. The second kappa shape index (κ2) is 2.22. The van der Waals surface area contributed by atoms with Gasteiger partial charge >= 0.3 is 0 Å². The van der Waals surface area contributed by atoms with E-state index < -0.39 is 0 Å². The van der Waals surface area contributed by atoms with Crippen LogP contribution in [0.5, 0.6) is 0 Å². The third-order valence-electron chi connectivity index (χ3n) is 3.24. The minimum absolute atomic E-state index is 0.629. The fourth-order valence-electron chi connectivity index (χ4n) is 2.03. The molecule has 2 aliphatic carbocycles. The molecule has 0 spiro atoms. The Kier molecular flexibility index (Phi) is 1.54. The molecular weight excluding hydrogens is 134 g/mol. The van der Waals surface area contributed by atoms with Gasteiger partial charge in [-0.25, -0.2) is 0 Å². The van der Waals surface area contributed by atoms with Gasteiger partial charge in [-0.15, -0.1) is 0 Å². The molecule has 0 amide bonds. The molecule has 2 fully saturated rings. The van der Waals surface area contributed by atoms with Crippen molar-refractivity contribution in [2.24, 2.45) is 11.3 Å². The van der Waals surface area contributed by atoms with Crippen molar-refractivity contribution in [2.75, 3.05) is 13.6 Å². The predicted molar refractivity (Wildman–Crippen MR) is 47.5 cm³/mol. The van der Waals surface area contributed by atoms with Crippen LogP contribution in [0.2, 0.25) is 0 Å². The Morgan fingerprint density at radius 1 is 1.36 bits per heavy atom. The molecule has 1 nitrogen and oxygen atoms in total. The third-order valence-corrected chi connectivity index (χ3v) is 3.24. The zero-order valence-electron chi connectivity index (χ0n) is 7.93. The van der Waals surface area contributed by atoms with E-state index in [0.29, 0.717) is 5.41 Å². The van der Waals surface area contributed by atoms with Crippen LogP contribution >= 0.6 is 0 Å². The lowest BCUT2D eigenvalue weighted by Crippen LogP contribution is -2.26. The lowest BCUT2D eigenvalue weighted by molar-refractivity contribution is 0.276. The summed E-state index contributed by atoms with van der Waals surface area (Å²) in [7, 11) is 2.29. The molecule has 0 heterocycles. The van der Waals surface area contributed by atoms with Crippen LogP contribution in [-0.2, 0) is 0 Å². The average Bonchev–Trinajstić information content (AvgIpc) is 2.71. The number of hydrogen-bond donors (Lipinski definition) is 0. The minimum atomic E-state index is 0.629. The summed E-state index contributed by atoms with van der Waals surface area (Å²) in [5, 5.41) is 0. The van der Waals surface area contributed by atoms with Gasteiger partial charge in [-0.05, 0) is 37.6 Å². The quantitative estimate of drug-likeness (QED) is 0.600. The SMILES string of the molecule is CN(CC1CC1)C1CC1(C)C. The summed E-state index contributed by atoms with van der Waals surface area (Å²) in [5.74, 6) is 1.05. The maximum absolute atomic E-state index is 2.57. The lowest BCUT2D eigenvalue weighted by atomic mass is 10.2. The zero-order chi connectivity index (χ0) is 8.06. The molecule has 0 aliphatic heterocycles. The van der Waals surface area contributed by atoms with Crippen molar-refractivity contribution < 1.29 is 0 Å². The highest BCUT2D eigenvalue weighted by atomic mass is 15.2. The molecule has 1 atom stereocenters. The van der Waals surface area contributed by atoms with Gasteiger partial charge < -0.3 is 4.90 Å². The molecule has 0 bridgehead atoms. The van der Waals surface area contributed by atoms with Crippen LogP contribution in [0, 0.1) is 11.3 Å². The first-order chi connectivity index (χ1) is 5.09. The molecule has 0 aromatic heterocycles. The highest BCUT2D eigenvalue weighted by molar-refractivity contribution is 5.02. The van der Waals surface area contributed by atoms with Gasteiger partial charge in [0.1, 0.15) is 0 Å². The molecule has 1 unspecified atom stereocenters. The topological polar surface area (TPSA) is 3.24 Å². The normalized spacial score (nSPS) is 34.4. The molecule has 2 rings (SSSR count). The van der Waals surface area contributed by atoms with E-state index in [1.165, 1.54) is 25.8 Å². The van der Waals surface area contributed by atoms with Crippen molar-refractivity contribution in [1.29, 1.82) is 0 Å². The van der Waals surface area contributed by atoms with Crippen molar-refractivity contribution in [3.8, 4) is 0 Å². The van der Waals surface area contributed by atoms with Crippen molar-refractivity contribution in [2.45, 2.75) is 39.2 Å². The van der Waals surface area contributed by atoms with E-state index in [2.05, 4.69) is 25.8 Å². The van der Waals surface area contributed by atoms with Crippen molar-refractivity contribution in [3.05, 3.63) is 0 Å². The smallest absolute Gasteiger partial charge is 0.0150 e. The number of hydrogen-bond acceptors (Lipinski definition) is 1. The van der Waals surface area contributed by atoms with Gasteiger partial charge in [0.15, 0.2) is 0 Å². The first kappa shape index (κ1) is 7.60. The first-order valence-corrected chi connectivity index (χ1v) is 4.80.